The second-order valence-corrected chi connectivity index (χ2v) is 10.5. The number of nitrogens with zero attached hydrogens (tertiary/aromatic N) is 2. The molecule has 2 aliphatic rings. The molecule has 2 N–H and O–H groups in total. The zero-order chi connectivity index (χ0) is 26.0. The molecule has 36 heavy (non-hydrogen) atoms. The molecule has 2 fully saturated rings. The van der Waals surface area contributed by atoms with Crippen molar-refractivity contribution < 1.29 is 38.9 Å². The third kappa shape index (κ3) is 5.07. The fourth-order valence-corrected chi connectivity index (χ4v) is 6.46. The maximum atomic E-state index is 13.2. The summed E-state index contributed by atoms with van der Waals surface area (Å²) in [6.07, 6.45) is -1.27. The van der Waals surface area contributed by atoms with Crippen LogP contribution in [0.25, 0.3) is 0 Å². The minimum atomic E-state index is -1.14. The Labute approximate surface area is 214 Å². The monoisotopic (exact) mass is 532 g/mol. The highest BCUT2D eigenvalue weighted by Gasteiger charge is 2.42. The number of rotatable bonds is 7. The van der Waals surface area contributed by atoms with E-state index in [0.29, 0.717) is 20.9 Å². The summed E-state index contributed by atoms with van der Waals surface area (Å²) in [5.74, 6) is -3.21. The molecule has 0 aliphatic carbocycles. The van der Waals surface area contributed by atoms with Gasteiger partial charge in [0.15, 0.2) is 12.1 Å². The lowest BCUT2D eigenvalue weighted by molar-refractivity contribution is -0.143. The van der Waals surface area contributed by atoms with E-state index in [4.69, 9.17) is 9.47 Å². The molecule has 0 radical (unpaired) electrons. The van der Waals surface area contributed by atoms with E-state index in [9.17, 15) is 29.4 Å². The first-order valence-corrected chi connectivity index (χ1v) is 13.2. The van der Waals surface area contributed by atoms with Crippen LogP contribution < -0.4 is 0 Å². The molecule has 2 heterocycles. The molecule has 0 bridgehead atoms. The van der Waals surface area contributed by atoms with Crippen LogP contribution in [0.5, 0.6) is 0 Å². The highest BCUT2D eigenvalue weighted by Crippen LogP contribution is 2.41. The van der Waals surface area contributed by atoms with Crippen molar-refractivity contribution in [3.63, 3.8) is 0 Å². The number of carbonyl (C=O) groups is 4. The predicted molar refractivity (Wildman–Crippen MR) is 131 cm³/mol. The van der Waals surface area contributed by atoms with Crippen molar-refractivity contribution in [1.82, 2.24) is 9.80 Å². The molecule has 4 rings (SSSR count). The van der Waals surface area contributed by atoms with Gasteiger partial charge in [-0.15, -0.1) is 0 Å². The summed E-state index contributed by atoms with van der Waals surface area (Å²) in [4.78, 5) is 53.4. The van der Waals surface area contributed by atoms with Gasteiger partial charge in [-0.05, 0) is 38.1 Å². The normalized spacial score (nSPS) is 23.6. The Bertz CT molecular complexity index is 1100. The van der Waals surface area contributed by atoms with Crippen molar-refractivity contribution in [2.45, 2.75) is 47.9 Å². The lowest BCUT2D eigenvalue weighted by atomic mass is 10.1. The van der Waals surface area contributed by atoms with E-state index in [0.717, 1.165) is 0 Å². The van der Waals surface area contributed by atoms with Crippen LogP contribution in [-0.4, -0.2) is 81.5 Å². The SMILES string of the molecule is C[C@@H]1OCN(C(=O)c2ccccc2SSc2ccccc2C(=O)N2CO[C@H](C)[C@H]2C(=O)O)[C@H]1C(=O)O. The van der Waals surface area contributed by atoms with E-state index in [1.807, 2.05) is 0 Å². The first-order chi connectivity index (χ1) is 17.2. The zero-order valence-corrected chi connectivity index (χ0v) is 21.0. The highest BCUT2D eigenvalue weighted by atomic mass is 33.1. The molecule has 0 aromatic heterocycles. The number of ether oxygens (including phenoxy) is 2. The molecule has 0 unspecified atom stereocenters. The minimum Gasteiger partial charge on any atom is -0.480 e. The number of hydrogen-bond acceptors (Lipinski definition) is 8. The lowest BCUT2D eigenvalue weighted by Crippen LogP contribution is -2.44. The van der Waals surface area contributed by atoms with Crippen molar-refractivity contribution in [2.75, 3.05) is 13.5 Å². The summed E-state index contributed by atoms with van der Waals surface area (Å²) in [6, 6.07) is 11.4. The largest absolute Gasteiger partial charge is 0.480 e. The summed E-state index contributed by atoms with van der Waals surface area (Å²) >= 11 is 0. The van der Waals surface area contributed by atoms with Crippen LogP contribution in [0.15, 0.2) is 58.3 Å². The fourth-order valence-electron chi connectivity index (χ4n) is 4.11. The third-order valence-electron chi connectivity index (χ3n) is 6.00. The average molecular weight is 533 g/mol. The van der Waals surface area contributed by atoms with Crippen LogP contribution >= 0.6 is 21.6 Å². The molecule has 10 nitrogen and oxygen atoms in total. The second kappa shape index (κ2) is 10.9. The zero-order valence-electron chi connectivity index (χ0n) is 19.4. The number of carboxylic acid groups (broad SMARTS) is 2. The van der Waals surface area contributed by atoms with Gasteiger partial charge in [0.25, 0.3) is 11.8 Å². The molecular weight excluding hydrogens is 508 g/mol. The number of aliphatic carboxylic acids is 2. The molecular formula is C24H24N2O8S2. The van der Waals surface area contributed by atoms with Gasteiger partial charge in [0.05, 0.1) is 23.3 Å². The Morgan fingerprint density at radius 3 is 1.44 bits per heavy atom. The van der Waals surface area contributed by atoms with E-state index in [2.05, 4.69) is 0 Å². The van der Waals surface area contributed by atoms with Gasteiger partial charge in [0, 0.05) is 9.79 Å². The van der Waals surface area contributed by atoms with E-state index in [1.165, 1.54) is 31.4 Å². The van der Waals surface area contributed by atoms with Crippen LogP contribution in [-0.2, 0) is 19.1 Å². The maximum absolute atomic E-state index is 13.2. The molecule has 0 spiro atoms. The van der Waals surface area contributed by atoms with Gasteiger partial charge in [-0.3, -0.25) is 19.4 Å². The maximum Gasteiger partial charge on any atom is 0.329 e. The Kier molecular flexibility index (Phi) is 7.88. The van der Waals surface area contributed by atoms with Crippen LogP contribution in [0.1, 0.15) is 34.6 Å². The molecule has 2 saturated heterocycles. The highest BCUT2D eigenvalue weighted by molar-refractivity contribution is 8.76. The summed E-state index contributed by atoms with van der Waals surface area (Å²) in [5, 5.41) is 19.1. The van der Waals surface area contributed by atoms with Crippen molar-refractivity contribution in [2.24, 2.45) is 0 Å². The van der Waals surface area contributed by atoms with E-state index < -0.39 is 48.0 Å². The molecule has 2 aromatic rings. The Balaban J connectivity index is 1.55. The topological polar surface area (TPSA) is 134 Å². The molecule has 2 amide bonds. The second-order valence-electron chi connectivity index (χ2n) is 8.28. The van der Waals surface area contributed by atoms with Gasteiger partial charge in [-0.1, -0.05) is 45.9 Å². The van der Waals surface area contributed by atoms with Gasteiger partial charge >= 0.3 is 11.9 Å². The standard InChI is InChI=1S/C24H24N2O8S2/c1-13-19(23(29)30)25(11-33-13)21(27)15-7-3-5-9-17(15)35-36-18-10-6-4-8-16(18)22(28)26-12-34-14(2)20(26)24(31)32/h3-10,13-14,19-20H,11-12H2,1-2H3,(H,29,30)(H,31,32)/t13-,14+,19+,20-. The van der Waals surface area contributed by atoms with Crippen molar-refractivity contribution in [1.29, 1.82) is 0 Å². The van der Waals surface area contributed by atoms with E-state index >= 15 is 0 Å². The molecule has 12 heteroatoms. The fraction of sp³-hybridized carbons (Fsp3) is 0.333. The molecule has 190 valence electrons. The summed E-state index contributed by atoms with van der Waals surface area (Å²) < 4.78 is 10.8. The smallest absolute Gasteiger partial charge is 0.329 e. The van der Waals surface area contributed by atoms with Gasteiger partial charge in [0.1, 0.15) is 13.5 Å². The van der Waals surface area contributed by atoms with Crippen molar-refractivity contribution in [3.8, 4) is 0 Å². The van der Waals surface area contributed by atoms with Crippen molar-refractivity contribution >= 4 is 45.3 Å². The molecule has 2 aromatic carbocycles. The summed E-state index contributed by atoms with van der Waals surface area (Å²) in [5.41, 5.74) is 0.630. The van der Waals surface area contributed by atoms with Crippen LogP contribution in [0, 0.1) is 0 Å². The van der Waals surface area contributed by atoms with Crippen LogP contribution in [0.4, 0.5) is 0 Å². The van der Waals surface area contributed by atoms with Gasteiger partial charge in [0.2, 0.25) is 0 Å². The number of carbonyl (C=O) groups excluding carboxylic acids is 2. The average Bonchev–Trinajstić information content (AvgIpc) is 3.45. The number of benzene rings is 2. The Morgan fingerprint density at radius 1 is 0.722 bits per heavy atom. The van der Waals surface area contributed by atoms with Gasteiger partial charge < -0.3 is 19.7 Å². The number of hydrogen-bond donors (Lipinski definition) is 2. The summed E-state index contributed by atoms with van der Waals surface area (Å²) in [6.45, 7) is 2.97. The summed E-state index contributed by atoms with van der Waals surface area (Å²) in [7, 11) is 2.48. The lowest BCUT2D eigenvalue weighted by Gasteiger charge is -2.22. The Morgan fingerprint density at radius 2 is 1.08 bits per heavy atom. The first kappa shape index (κ1) is 26.0. The van der Waals surface area contributed by atoms with E-state index in [-0.39, 0.29) is 13.5 Å². The molecule has 2 aliphatic heterocycles. The van der Waals surface area contributed by atoms with Gasteiger partial charge in [-0.2, -0.15) is 0 Å². The van der Waals surface area contributed by atoms with E-state index in [1.54, 1.807) is 62.4 Å². The predicted octanol–water partition coefficient (Wildman–Crippen LogP) is 3.03. The first-order valence-electron chi connectivity index (χ1n) is 11.0. The number of amides is 2. The van der Waals surface area contributed by atoms with Crippen molar-refractivity contribution in [3.05, 3.63) is 59.7 Å². The molecule has 0 saturated carbocycles. The van der Waals surface area contributed by atoms with Crippen LogP contribution in [0.2, 0.25) is 0 Å². The molecule has 4 atom stereocenters. The number of carboxylic acids is 2. The van der Waals surface area contributed by atoms with Crippen LogP contribution in [0.3, 0.4) is 0 Å². The van der Waals surface area contributed by atoms with Gasteiger partial charge in [-0.25, -0.2) is 9.59 Å². The Hall–Kier alpha value is -3.06. The third-order valence-corrected chi connectivity index (χ3v) is 8.48. The quantitative estimate of drug-likeness (QED) is 0.513. The minimum absolute atomic E-state index is 0.123.